The number of nitrogens with zero attached hydrogens (tertiary/aromatic N) is 1. The molecular weight excluding hydrogens is 204 g/mol. The van der Waals surface area contributed by atoms with E-state index in [1.807, 2.05) is 18.2 Å². The first-order valence-corrected chi connectivity index (χ1v) is 4.75. The Hall–Kier alpha value is -2.36. The lowest BCUT2D eigenvalue weighted by molar-refractivity contribution is 0.102. The van der Waals surface area contributed by atoms with E-state index in [-0.39, 0.29) is 5.91 Å². The van der Waals surface area contributed by atoms with Crippen molar-refractivity contribution in [2.24, 2.45) is 0 Å². The van der Waals surface area contributed by atoms with Crippen molar-refractivity contribution >= 4 is 11.6 Å². The second kappa shape index (κ2) is 4.44. The fourth-order valence-corrected chi connectivity index (χ4v) is 1.28. The van der Waals surface area contributed by atoms with Gasteiger partial charge in [0.2, 0.25) is 0 Å². The number of carbonyl (C=O) groups excluding carboxylic acids is 1. The quantitative estimate of drug-likeness (QED) is 0.832. The second-order valence-electron chi connectivity index (χ2n) is 3.20. The molecule has 0 unspecified atom stereocenters. The molecule has 0 atom stereocenters. The zero-order valence-electron chi connectivity index (χ0n) is 8.38. The van der Waals surface area contributed by atoms with Crippen LogP contribution in [0.1, 0.15) is 10.4 Å². The van der Waals surface area contributed by atoms with Gasteiger partial charge >= 0.3 is 0 Å². The Morgan fingerprint density at radius 3 is 2.56 bits per heavy atom. The summed E-state index contributed by atoms with van der Waals surface area (Å²) in [6.45, 7) is 0. The maximum absolute atomic E-state index is 11.7. The minimum Gasteiger partial charge on any atom is -0.322 e. The molecule has 79 valence electrons. The van der Waals surface area contributed by atoms with E-state index in [9.17, 15) is 9.90 Å². The zero-order valence-corrected chi connectivity index (χ0v) is 8.38. The third-order valence-electron chi connectivity index (χ3n) is 2.03. The molecular formula is C12H9N2O2. The molecule has 1 aromatic heterocycles. The number of carbonyl (C=O) groups is 1. The lowest BCUT2D eigenvalue weighted by Crippen LogP contribution is -2.11. The van der Waals surface area contributed by atoms with E-state index < -0.39 is 5.88 Å². The Bertz CT molecular complexity index is 497. The average molecular weight is 213 g/mol. The molecule has 1 radical (unpaired) electrons. The Morgan fingerprint density at radius 2 is 1.88 bits per heavy atom. The highest BCUT2D eigenvalue weighted by Crippen LogP contribution is 2.11. The fraction of sp³-hybridized carbons (Fsp3) is 0. The number of hydrogen-bond acceptors (Lipinski definition) is 2. The average Bonchev–Trinajstić information content (AvgIpc) is 2.30. The Balaban J connectivity index is 2.15. The molecule has 0 bridgehead atoms. The first-order valence-electron chi connectivity index (χ1n) is 4.75. The number of benzene rings is 1. The molecule has 2 rings (SSSR count). The molecule has 2 aromatic rings. The Labute approximate surface area is 92.6 Å². The molecule has 0 spiro atoms. The highest BCUT2D eigenvalue weighted by molar-refractivity contribution is 6.04. The summed E-state index contributed by atoms with van der Waals surface area (Å²) in [5.74, 6) is -0.730. The van der Waals surface area contributed by atoms with Crippen molar-refractivity contribution in [1.82, 2.24) is 4.98 Å². The van der Waals surface area contributed by atoms with Gasteiger partial charge in [-0.1, -0.05) is 18.2 Å². The summed E-state index contributed by atoms with van der Waals surface area (Å²) in [5, 5.41) is 13.6. The highest BCUT2D eigenvalue weighted by atomic mass is 16.3. The molecule has 1 aromatic carbocycles. The third kappa shape index (κ3) is 2.36. The van der Waals surface area contributed by atoms with Gasteiger partial charge in [-0.2, -0.15) is 0 Å². The number of aromatic nitrogens is 1. The van der Waals surface area contributed by atoms with Crippen LogP contribution in [-0.4, -0.2) is 10.9 Å². The van der Waals surface area contributed by atoms with Crippen LogP contribution in [0.15, 0.2) is 48.7 Å². The summed E-state index contributed by atoms with van der Waals surface area (Å²) in [7, 11) is 0. The summed E-state index contributed by atoms with van der Waals surface area (Å²) in [6, 6.07) is 11.8. The van der Waals surface area contributed by atoms with Gasteiger partial charge in [-0.05, 0) is 18.2 Å². The third-order valence-corrected chi connectivity index (χ3v) is 2.03. The van der Waals surface area contributed by atoms with E-state index in [0.29, 0.717) is 11.3 Å². The first kappa shape index (κ1) is 10.2. The predicted octanol–water partition coefficient (Wildman–Crippen LogP) is 2.48. The standard InChI is InChI=1S/C12H9N2O2/c15-11-8-9(6-7-13-11)12(16)14-10-4-2-1-3-5-10/h1-8H,(H,14,16). The SMILES string of the molecule is [O]c1cc(C(=O)Nc2ccccc2)ccn1. The van der Waals surface area contributed by atoms with Gasteiger partial charge in [-0.15, -0.1) is 0 Å². The molecule has 4 nitrogen and oxygen atoms in total. The van der Waals surface area contributed by atoms with Crippen LogP contribution in [0.2, 0.25) is 0 Å². The monoisotopic (exact) mass is 213 g/mol. The summed E-state index contributed by atoms with van der Waals surface area (Å²) in [6.07, 6.45) is 1.32. The molecule has 4 heteroatoms. The van der Waals surface area contributed by atoms with Crippen LogP contribution in [0.5, 0.6) is 5.88 Å². The minimum atomic E-state index is -0.416. The van der Waals surface area contributed by atoms with E-state index in [2.05, 4.69) is 10.3 Å². The normalized spacial score (nSPS) is 9.75. The second-order valence-corrected chi connectivity index (χ2v) is 3.20. The van der Waals surface area contributed by atoms with Gasteiger partial charge < -0.3 is 5.32 Å². The molecule has 0 aliphatic heterocycles. The van der Waals surface area contributed by atoms with Gasteiger partial charge in [0.15, 0.2) is 0 Å². The topological polar surface area (TPSA) is 61.9 Å². The molecule has 0 saturated carbocycles. The summed E-state index contributed by atoms with van der Waals surface area (Å²) < 4.78 is 0. The van der Waals surface area contributed by atoms with Crippen molar-refractivity contribution in [2.45, 2.75) is 0 Å². The summed E-state index contributed by atoms with van der Waals surface area (Å²) in [5.41, 5.74) is 1.00. The van der Waals surface area contributed by atoms with E-state index in [1.165, 1.54) is 18.3 Å². The Morgan fingerprint density at radius 1 is 1.12 bits per heavy atom. The summed E-state index contributed by atoms with van der Waals surface area (Å²) in [4.78, 5) is 15.2. The lowest BCUT2D eigenvalue weighted by atomic mass is 10.2. The van der Waals surface area contributed by atoms with Crippen molar-refractivity contribution in [3.63, 3.8) is 0 Å². The minimum absolute atomic E-state index is 0.309. The smallest absolute Gasteiger partial charge is 0.270 e. The number of pyridine rings is 1. The van der Waals surface area contributed by atoms with Crippen LogP contribution in [-0.2, 0) is 5.11 Å². The van der Waals surface area contributed by atoms with E-state index >= 15 is 0 Å². The van der Waals surface area contributed by atoms with Gasteiger partial charge in [0.25, 0.3) is 11.8 Å². The fourth-order valence-electron chi connectivity index (χ4n) is 1.28. The number of nitrogens with one attached hydrogen (secondary N) is 1. The number of rotatable bonds is 2. The molecule has 0 aliphatic rings. The maximum Gasteiger partial charge on any atom is 0.270 e. The van der Waals surface area contributed by atoms with Gasteiger partial charge in [0.1, 0.15) is 0 Å². The van der Waals surface area contributed by atoms with Gasteiger partial charge in [-0.25, -0.2) is 4.98 Å². The van der Waals surface area contributed by atoms with Gasteiger partial charge in [0, 0.05) is 23.5 Å². The van der Waals surface area contributed by atoms with Crippen molar-refractivity contribution in [3.8, 4) is 5.88 Å². The molecule has 1 heterocycles. The zero-order chi connectivity index (χ0) is 11.4. The van der Waals surface area contributed by atoms with Crippen LogP contribution in [0.25, 0.3) is 0 Å². The number of hydrogen-bond donors (Lipinski definition) is 1. The van der Waals surface area contributed by atoms with Crippen molar-refractivity contribution in [3.05, 3.63) is 54.2 Å². The number of anilines is 1. The maximum atomic E-state index is 11.7. The van der Waals surface area contributed by atoms with E-state index in [4.69, 9.17) is 0 Å². The first-order chi connectivity index (χ1) is 7.75. The van der Waals surface area contributed by atoms with E-state index in [1.54, 1.807) is 12.1 Å². The molecule has 0 fully saturated rings. The van der Waals surface area contributed by atoms with Crippen LogP contribution >= 0.6 is 0 Å². The van der Waals surface area contributed by atoms with Crippen molar-refractivity contribution in [1.29, 1.82) is 0 Å². The molecule has 1 N–H and O–H groups in total. The Kier molecular flexibility index (Phi) is 2.82. The van der Waals surface area contributed by atoms with Crippen LogP contribution in [0, 0.1) is 0 Å². The number of para-hydroxylation sites is 1. The summed E-state index contributed by atoms with van der Waals surface area (Å²) >= 11 is 0. The van der Waals surface area contributed by atoms with Gasteiger partial charge in [0.05, 0.1) is 0 Å². The van der Waals surface area contributed by atoms with Gasteiger partial charge in [-0.3, -0.25) is 9.90 Å². The van der Waals surface area contributed by atoms with Crippen molar-refractivity contribution in [2.75, 3.05) is 5.32 Å². The van der Waals surface area contributed by atoms with Crippen LogP contribution in [0.3, 0.4) is 0 Å². The lowest BCUT2D eigenvalue weighted by Gasteiger charge is -2.04. The molecule has 1 amide bonds. The molecule has 16 heavy (non-hydrogen) atoms. The number of amides is 1. The predicted molar refractivity (Wildman–Crippen MR) is 58.8 cm³/mol. The van der Waals surface area contributed by atoms with E-state index in [0.717, 1.165) is 0 Å². The van der Waals surface area contributed by atoms with Crippen LogP contribution in [0.4, 0.5) is 5.69 Å². The molecule has 0 aliphatic carbocycles. The largest absolute Gasteiger partial charge is 0.322 e. The molecule has 0 saturated heterocycles. The van der Waals surface area contributed by atoms with Crippen molar-refractivity contribution < 1.29 is 9.90 Å². The highest BCUT2D eigenvalue weighted by Gasteiger charge is 2.07. The van der Waals surface area contributed by atoms with Crippen LogP contribution < -0.4 is 5.32 Å².